The van der Waals surface area contributed by atoms with Gasteiger partial charge < -0.3 is 4.98 Å². The summed E-state index contributed by atoms with van der Waals surface area (Å²) in [6.45, 7) is 2.01. The first kappa shape index (κ1) is 17.3. The molecule has 0 saturated carbocycles. The maximum atomic E-state index is 13.3. The van der Waals surface area contributed by atoms with Crippen LogP contribution in [0.25, 0.3) is 22.2 Å². The lowest BCUT2D eigenvalue weighted by molar-refractivity contribution is 0.595. The van der Waals surface area contributed by atoms with Gasteiger partial charge in [-0.2, -0.15) is 0 Å². The third-order valence-corrected chi connectivity index (χ3v) is 8.43. The van der Waals surface area contributed by atoms with Crippen LogP contribution in [-0.2, 0) is 9.84 Å². The number of nitrogens with one attached hydrogen (secondary N) is 1. The number of hydrogen-bond donors (Lipinski definition) is 1. The average Bonchev–Trinajstić information content (AvgIpc) is 3.30. The van der Waals surface area contributed by atoms with Crippen LogP contribution < -0.4 is 0 Å². The number of aromatic nitrogens is 2. The Hall–Kier alpha value is -2.09. The van der Waals surface area contributed by atoms with E-state index in [1.54, 1.807) is 24.5 Å². The number of aromatic amines is 1. The molecule has 26 heavy (non-hydrogen) atoms. The molecule has 0 unspecified atom stereocenters. The van der Waals surface area contributed by atoms with Crippen LogP contribution in [0.1, 0.15) is 5.56 Å². The predicted octanol–water partition coefficient (Wildman–Crippen LogP) is 5.15. The fourth-order valence-electron chi connectivity index (χ4n) is 3.02. The van der Waals surface area contributed by atoms with E-state index < -0.39 is 9.84 Å². The van der Waals surface area contributed by atoms with Crippen LogP contribution in [0, 0.1) is 6.92 Å². The van der Waals surface area contributed by atoms with E-state index in [0.29, 0.717) is 10.4 Å². The highest BCUT2D eigenvalue weighted by Crippen LogP contribution is 2.37. The Bertz CT molecular complexity index is 1210. The summed E-state index contributed by atoms with van der Waals surface area (Å²) in [4.78, 5) is 8.11. The molecule has 132 valence electrons. The van der Waals surface area contributed by atoms with E-state index in [2.05, 4.69) is 9.97 Å². The molecule has 2 aromatic carbocycles. The summed E-state index contributed by atoms with van der Waals surface area (Å²) in [5.41, 5.74) is 4.36. The second kappa shape index (κ2) is 6.57. The van der Waals surface area contributed by atoms with Gasteiger partial charge in [-0.3, -0.25) is 0 Å². The van der Waals surface area contributed by atoms with Gasteiger partial charge in [-0.15, -0.1) is 23.1 Å². The van der Waals surface area contributed by atoms with Crippen molar-refractivity contribution in [3.8, 4) is 11.1 Å². The van der Waals surface area contributed by atoms with Gasteiger partial charge in [0.2, 0.25) is 9.84 Å². The van der Waals surface area contributed by atoms with Crippen LogP contribution in [-0.4, -0.2) is 24.6 Å². The zero-order valence-electron chi connectivity index (χ0n) is 14.2. The first-order chi connectivity index (χ1) is 12.5. The number of fused-ring (bicyclic) bond motifs is 1. The second-order valence-electron chi connectivity index (χ2n) is 5.86. The number of aryl methyl sites for hydroxylation is 1. The number of benzene rings is 2. The molecule has 0 fully saturated rings. The minimum atomic E-state index is -3.61. The molecule has 0 radical (unpaired) electrons. The summed E-state index contributed by atoms with van der Waals surface area (Å²) in [5, 5.41) is 1.82. The molecule has 0 aliphatic rings. The van der Waals surface area contributed by atoms with Gasteiger partial charge in [0.05, 0.1) is 31.4 Å². The van der Waals surface area contributed by atoms with Gasteiger partial charge in [-0.1, -0.05) is 24.3 Å². The number of rotatable bonds is 4. The Kier molecular flexibility index (Phi) is 4.38. The predicted molar refractivity (Wildman–Crippen MR) is 108 cm³/mol. The molecule has 0 bridgehead atoms. The van der Waals surface area contributed by atoms with Crippen molar-refractivity contribution in [2.75, 3.05) is 6.26 Å². The molecule has 4 rings (SSSR count). The summed E-state index contributed by atoms with van der Waals surface area (Å²) in [6, 6.07) is 13.0. The minimum Gasteiger partial charge on any atom is -0.345 e. The van der Waals surface area contributed by atoms with Crippen molar-refractivity contribution in [3.63, 3.8) is 0 Å². The van der Waals surface area contributed by atoms with E-state index in [4.69, 9.17) is 0 Å². The minimum absolute atomic E-state index is 0.279. The number of nitrogens with zero attached hydrogens (tertiary/aromatic N) is 1. The van der Waals surface area contributed by atoms with E-state index in [0.717, 1.165) is 26.4 Å². The Labute approximate surface area is 160 Å². The van der Waals surface area contributed by atoms with Gasteiger partial charge in [0.15, 0.2) is 0 Å². The fraction of sp³-hybridized carbons (Fsp3) is 0.105. The van der Waals surface area contributed by atoms with Gasteiger partial charge in [-0.05, 0) is 47.9 Å². The molecule has 0 amide bonds. The summed E-state index contributed by atoms with van der Waals surface area (Å²) >= 11 is 2.89. The van der Waals surface area contributed by atoms with Crippen LogP contribution in [0.3, 0.4) is 0 Å². The van der Waals surface area contributed by atoms with Crippen LogP contribution >= 0.6 is 23.1 Å². The van der Waals surface area contributed by atoms with Crippen LogP contribution in [0.2, 0.25) is 0 Å². The average molecular weight is 401 g/mol. The molecular formula is C19H16N2O2S3. The van der Waals surface area contributed by atoms with Crippen molar-refractivity contribution in [2.45, 2.75) is 20.9 Å². The highest BCUT2D eigenvalue weighted by molar-refractivity contribution is 8.01. The molecular weight excluding hydrogens is 384 g/mol. The number of imidazole rings is 1. The maximum absolute atomic E-state index is 13.3. The van der Waals surface area contributed by atoms with Gasteiger partial charge in [0.25, 0.3) is 0 Å². The number of sulfone groups is 1. The van der Waals surface area contributed by atoms with Crippen molar-refractivity contribution in [1.29, 1.82) is 0 Å². The second-order valence-corrected chi connectivity index (χ2v) is 9.77. The zero-order chi connectivity index (χ0) is 18.3. The first-order valence-electron chi connectivity index (χ1n) is 7.92. The van der Waals surface area contributed by atoms with Gasteiger partial charge >= 0.3 is 0 Å². The summed E-state index contributed by atoms with van der Waals surface area (Å²) in [5.74, 6) is 0. The van der Waals surface area contributed by atoms with Gasteiger partial charge in [0, 0.05) is 5.56 Å². The molecule has 1 N–H and O–H groups in total. The number of thiophene rings is 1. The highest BCUT2D eigenvalue weighted by atomic mass is 32.2. The first-order valence-corrected chi connectivity index (χ1v) is 11.5. The Morgan fingerprint density at radius 1 is 1.12 bits per heavy atom. The smallest absolute Gasteiger partial charge is 0.208 e. The van der Waals surface area contributed by atoms with Crippen molar-refractivity contribution in [1.82, 2.24) is 9.97 Å². The molecule has 0 aliphatic carbocycles. The van der Waals surface area contributed by atoms with Gasteiger partial charge in [-0.25, -0.2) is 13.4 Å². The SMILES string of the molecule is CSc1sccc1S(=O)(=O)c1cc(-c2ccccc2C)c2nc[nH]c2c1. The van der Waals surface area contributed by atoms with Crippen molar-refractivity contribution in [2.24, 2.45) is 0 Å². The highest BCUT2D eigenvalue weighted by Gasteiger charge is 2.24. The van der Waals surface area contributed by atoms with Crippen molar-refractivity contribution < 1.29 is 8.42 Å². The van der Waals surface area contributed by atoms with Crippen molar-refractivity contribution >= 4 is 44.0 Å². The largest absolute Gasteiger partial charge is 0.345 e. The number of thioether (sulfide) groups is 1. The topological polar surface area (TPSA) is 62.8 Å². The molecule has 0 atom stereocenters. The Morgan fingerprint density at radius 3 is 2.69 bits per heavy atom. The quantitative estimate of drug-likeness (QED) is 0.481. The lowest BCUT2D eigenvalue weighted by Gasteiger charge is -2.11. The van der Waals surface area contributed by atoms with E-state index in [9.17, 15) is 8.42 Å². The normalized spacial score (nSPS) is 11.9. The molecule has 2 heterocycles. The molecule has 7 heteroatoms. The Morgan fingerprint density at radius 2 is 1.92 bits per heavy atom. The number of H-pyrrole nitrogens is 1. The van der Waals surface area contributed by atoms with Crippen LogP contribution in [0.5, 0.6) is 0 Å². The standard InChI is InChI=1S/C19H16N2O2S3/c1-12-5-3-4-6-14(12)15-9-13(10-16-18(15)21-11-20-16)26(22,23)17-7-8-25-19(17)24-2/h3-11H,1-2H3,(H,20,21). The zero-order valence-corrected chi connectivity index (χ0v) is 16.6. The monoisotopic (exact) mass is 400 g/mol. The number of hydrogen-bond acceptors (Lipinski definition) is 5. The van der Waals surface area contributed by atoms with E-state index in [1.165, 1.54) is 23.1 Å². The van der Waals surface area contributed by atoms with Crippen LogP contribution in [0.4, 0.5) is 0 Å². The maximum Gasteiger partial charge on any atom is 0.208 e. The molecule has 0 saturated heterocycles. The lowest BCUT2D eigenvalue weighted by Crippen LogP contribution is -2.02. The summed E-state index contributed by atoms with van der Waals surface area (Å²) < 4.78 is 27.3. The Balaban J connectivity index is 2.00. The molecule has 4 nitrogen and oxygen atoms in total. The molecule has 0 spiro atoms. The van der Waals surface area contributed by atoms with Gasteiger partial charge in [0.1, 0.15) is 0 Å². The van der Waals surface area contributed by atoms with E-state index in [1.807, 2.05) is 42.8 Å². The fourth-order valence-corrected chi connectivity index (χ4v) is 6.76. The third kappa shape index (κ3) is 2.76. The lowest BCUT2D eigenvalue weighted by atomic mass is 9.99. The molecule has 0 aliphatic heterocycles. The molecule has 2 aromatic heterocycles. The summed E-state index contributed by atoms with van der Waals surface area (Å²) in [7, 11) is -3.61. The van der Waals surface area contributed by atoms with E-state index >= 15 is 0 Å². The summed E-state index contributed by atoms with van der Waals surface area (Å²) in [6.07, 6.45) is 3.49. The van der Waals surface area contributed by atoms with E-state index in [-0.39, 0.29) is 4.90 Å². The third-order valence-electron chi connectivity index (χ3n) is 4.31. The van der Waals surface area contributed by atoms with Crippen LogP contribution in [0.15, 0.2) is 68.2 Å². The van der Waals surface area contributed by atoms with Crippen molar-refractivity contribution in [3.05, 3.63) is 59.7 Å². The molecule has 4 aromatic rings.